The SMILES string of the molecule is CC1(C)OB(OCc2ccccc2Br)OC1(C)C. The van der Waals surface area contributed by atoms with Gasteiger partial charge in [0.05, 0.1) is 17.8 Å². The lowest BCUT2D eigenvalue weighted by Gasteiger charge is -2.31. The van der Waals surface area contributed by atoms with Crippen molar-refractivity contribution in [1.82, 2.24) is 0 Å². The number of hydrogen-bond acceptors (Lipinski definition) is 3. The normalized spacial score (nSPS) is 21.3. The molecule has 0 N–H and O–H groups in total. The molecule has 0 aromatic heterocycles. The van der Waals surface area contributed by atoms with Gasteiger partial charge < -0.3 is 14.0 Å². The van der Waals surface area contributed by atoms with Crippen LogP contribution in [0.25, 0.3) is 0 Å². The van der Waals surface area contributed by atoms with Crippen molar-refractivity contribution in [2.75, 3.05) is 0 Å². The largest absolute Gasteiger partial charge is 0.640 e. The summed E-state index contributed by atoms with van der Waals surface area (Å²) >= 11 is 3.49. The standard InChI is InChI=1S/C13H18BBrO3/c1-12(2)13(3,4)18-14(17-12)16-9-10-7-5-6-8-11(10)15/h5-8H,9H2,1-4H3. The summed E-state index contributed by atoms with van der Waals surface area (Å²) in [6.07, 6.45) is 0. The van der Waals surface area contributed by atoms with Crippen LogP contribution in [0.1, 0.15) is 33.3 Å². The first-order valence-corrected chi connectivity index (χ1v) is 6.82. The van der Waals surface area contributed by atoms with Gasteiger partial charge in [-0.25, -0.2) is 0 Å². The topological polar surface area (TPSA) is 27.7 Å². The molecule has 1 fully saturated rings. The van der Waals surface area contributed by atoms with Crippen LogP contribution in [0.3, 0.4) is 0 Å². The van der Waals surface area contributed by atoms with E-state index >= 15 is 0 Å². The van der Waals surface area contributed by atoms with E-state index in [1.807, 2.05) is 52.0 Å². The highest BCUT2D eigenvalue weighted by molar-refractivity contribution is 9.10. The van der Waals surface area contributed by atoms with Crippen LogP contribution in [0.2, 0.25) is 0 Å². The van der Waals surface area contributed by atoms with Crippen molar-refractivity contribution in [3.8, 4) is 0 Å². The molecule has 1 aliphatic rings. The minimum Gasteiger partial charge on any atom is -0.382 e. The number of halogens is 1. The minimum atomic E-state index is -0.609. The second-order valence-corrected chi connectivity index (χ2v) is 6.30. The quantitative estimate of drug-likeness (QED) is 0.799. The molecule has 0 radical (unpaired) electrons. The molecule has 1 aromatic rings. The van der Waals surface area contributed by atoms with Gasteiger partial charge in [0, 0.05) is 4.47 Å². The Hall–Kier alpha value is -0.355. The molecule has 1 aromatic carbocycles. The first-order valence-electron chi connectivity index (χ1n) is 6.02. The Balaban J connectivity index is 1.96. The maximum absolute atomic E-state index is 5.77. The van der Waals surface area contributed by atoms with Crippen LogP contribution in [-0.4, -0.2) is 18.5 Å². The van der Waals surface area contributed by atoms with Crippen LogP contribution < -0.4 is 0 Å². The van der Waals surface area contributed by atoms with Gasteiger partial charge >= 0.3 is 7.32 Å². The molecule has 0 saturated carbocycles. The van der Waals surface area contributed by atoms with E-state index < -0.39 is 7.32 Å². The molecular weight excluding hydrogens is 295 g/mol. The molecule has 0 unspecified atom stereocenters. The summed E-state index contributed by atoms with van der Waals surface area (Å²) in [5, 5.41) is 0. The Labute approximate surface area is 117 Å². The first-order chi connectivity index (χ1) is 8.32. The Bertz CT molecular complexity index is 418. The van der Waals surface area contributed by atoms with Crippen molar-refractivity contribution < 1.29 is 14.0 Å². The smallest absolute Gasteiger partial charge is 0.382 e. The van der Waals surface area contributed by atoms with E-state index in [1.165, 1.54) is 0 Å². The maximum Gasteiger partial charge on any atom is 0.640 e. The zero-order chi connectivity index (χ0) is 13.4. The summed E-state index contributed by atoms with van der Waals surface area (Å²) in [5.41, 5.74) is 0.365. The summed E-state index contributed by atoms with van der Waals surface area (Å²) in [4.78, 5) is 0. The zero-order valence-corrected chi connectivity index (χ0v) is 12.8. The third-order valence-corrected chi connectivity index (χ3v) is 4.34. The van der Waals surface area contributed by atoms with Gasteiger partial charge in [-0.15, -0.1) is 0 Å². The maximum atomic E-state index is 5.77. The molecule has 0 atom stereocenters. The minimum absolute atomic E-state index is 0.356. The Morgan fingerprint density at radius 1 is 1.11 bits per heavy atom. The van der Waals surface area contributed by atoms with Crippen LogP contribution in [0.4, 0.5) is 0 Å². The molecule has 0 spiro atoms. The van der Waals surface area contributed by atoms with Gasteiger partial charge in [-0.05, 0) is 39.3 Å². The third kappa shape index (κ3) is 2.80. The zero-order valence-electron chi connectivity index (χ0n) is 11.2. The van der Waals surface area contributed by atoms with E-state index in [9.17, 15) is 0 Å². The lowest BCUT2D eigenvalue weighted by atomic mass is 9.90. The van der Waals surface area contributed by atoms with E-state index in [2.05, 4.69) is 15.9 Å². The molecule has 0 bridgehead atoms. The van der Waals surface area contributed by atoms with Gasteiger partial charge in [0.15, 0.2) is 0 Å². The molecule has 0 aliphatic carbocycles. The molecule has 1 aliphatic heterocycles. The Morgan fingerprint density at radius 2 is 1.67 bits per heavy atom. The molecule has 1 heterocycles. The average molecular weight is 313 g/mol. The fraction of sp³-hybridized carbons (Fsp3) is 0.538. The summed E-state index contributed by atoms with van der Waals surface area (Å²) in [6.45, 7) is 8.49. The van der Waals surface area contributed by atoms with Gasteiger partial charge in [0.2, 0.25) is 0 Å². The van der Waals surface area contributed by atoms with Gasteiger partial charge in [0.25, 0.3) is 0 Å². The summed E-state index contributed by atoms with van der Waals surface area (Å²) in [5.74, 6) is 0. The summed E-state index contributed by atoms with van der Waals surface area (Å²) in [6, 6.07) is 7.95. The van der Waals surface area contributed by atoms with E-state index in [1.54, 1.807) is 0 Å². The van der Waals surface area contributed by atoms with Gasteiger partial charge in [-0.3, -0.25) is 0 Å². The number of rotatable bonds is 3. The predicted octanol–water partition coefficient (Wildman–Crippen LogP) is 3.55. The van der Waals surface area contributed by atoms with Crippen LogP contribution in [0, 0.1) is 0 Å². The first kappa shape index (κ1) is 14.1. The third-order valence-electron chi connectivity index (χ3n) is 3.56. The van der Waals surface area contributed by atoms with Crippen molar-refractivity contribution in [3.05, 3.63) is 34.3 Å². The van der Waals surface area contributed by atoms with Crippen LogP contribution in [0.5, 0.6) is 0 Å². The van der Waals surface area contributed by atoms with Gasteiger partial charge in [-0.1, -0.05) is 34.1 Å². The van der Waals surface area contributed by atoms with Crippen LogP contribution in [0.15, 0.2) is 28.7 Å². The number of benzene rings is 1. The van der Waals surface area contributed by atoms with E-state index in [4.69, 9.17) is 14.0 Å². The molecule has 0 amide bonds. The van der Waals surface area contributed by atoms with E-state index in [0.717, 1.165) is 10.0 Å². The van der Waals surface area contributed by atoms with E-state index in [0.29, 0.717) is 6.61 Å². The van der Waals surface area contributed by atoms with Crippen LogP contribution in [-0.2, 0) is 20.6 Å². The van der Waals surface area contributed by atoms with Crippen molar-refractivity contribution >= 4 is 23.3 Å². The summed E-state index contributed by atoms with van der Waals surface area (Å²) < 4.78 is 18.2. The molecular formula is C13H18BBrO3. The van der Waals surface area contributed by atoms with Crippen molar-refractivity contribution in [1.29, 1.82) is 0 Å². The molecule has 2 rings (SSSR count). The monoisotopic (exact) mass is 312 g/mol. The number of hydrogen-bond donors (Lipinski definition) is 0. The highest BCUT2D eigenvalue weighted by atomic mass is 79.9. The van der Waals surface area contributed by atoms with Gasteiger partial charge in [0.1, 0.15) is 0 Å². The molecule has 98 valence electrons. The Kier molecular flexibility index (Phi) is 3.88. The lowest BCUT2D eigenvalue weighted by Crippen LogP contribution is -2.41. The fourth-order valence-electron chi connectivity index (χ4n) is 1.63. The highest BCUT2D eigenvalue weighted by Crippen LogP contribution is 2.37. The average Bonchev–Trinajstić information content (AvgIpc) is 2.46. The predicted molar refractivity (Wildman–Crippen MR) is 75.0 cm³/mol. The lowest BCUT2D eigenvalue weighted by molar-refractivity contribution is 0.00578. The summed E-state index contributed by atoms with van der Waals surface area (Å²) in [7, 11) is -0.609. The second-order valence-electron chi connectivity index (χ2n) is 5.45. The van der Waals surface area contributed by atoms with Crippen molar-refractivity contribution in [2.24, 2.45) is 0 Å². The fourth-order valence-corrected chi connectivity index (χ4v) is 2.03. The molecule has 18 heavy (non-hydrogen) atoms. The van der Waals surface area contributed by atoms with Crippen molar-refractivity contribution in [3.63, 3.8) is 0 Å². The molecule has 1 saturated heterocycles. The highest BCUT2D eigenvalue weighted by Gasteiger charge is 2.52. The Morgan fingerprint density at radius 3 is 2.22 bits per heavy atom. The van der Waals surface area contributed by atoms with Gasteiger partial charge in [-0.2, -0.15) is 0 Å². The molecule has 5 heteroatoms. The van der Waals surface area contributed by atoms with Crippen LogP contribution >= 0.6 is 15.9 Å². The molecule has 3 nitrogen and oxygen atoms in total. The van der Waals surface area contributed by atoms with E-state index in [-0.39, 0.29) is 11.2 Å². The van der Waals surface area contributed by atoms with Crippen molar-refractivity contribution in [2.45, 2.75) is 45.5 Å². The second kappa shape index (κ2) is 4.97.